The molecular weight excluding hydrogens is 354 g/mol. The van der Waals surface area contributed by atoms with Gasteiger partial charge in [0.15, 0.2) is 5.96 Å². The smallest absolute Gasteiger partial charge is 0.191 e. The Kier molecular flexibility index (Phi) is 9.28. The van der Waals surface area contributed by atoms with Gasteiger partial charge in [0.1, 0.15) is 5.01 Å². The number of aromatic nitrogens is 1. The standard InChI is InChI=1S/C21H33N5S/c1-5-19-15-23-20(27-19)16-25-21(22-4)24-14-18(26(6-2)7-3)13-17-11-9-8-10-12-17/h8-12,15,18H,5-7,13-14,16H2,1-4H3,(H2,22,24,25). The average molecular weight is 388 g/mol. The highest BCUT2D eigenvalue weighted by atomic mass is 32.1. The number of benzene rings is 1. The molecule has 2 N–H and O–H groups in total. The first-order valence-electron chi connectivity index (χ1n) is 9.86. The first-order chi connectivity index (χ1) is 13.2. The van der Waals surface area contributed by atoms with Gasteiger partial charge in [0.25, 0.3) is 0 Å². The van der Waals surface area contributed by atoms with Gasteiger partial charge in [-0.05, 0) is 31.5 Å². The van der Waals surface area contributed by atoms with Crippen molar-refractivity contribution in [3.05, 3.63) is 52.0 Å². The van der Waals surface area contributed by atoms with E-state index in [1.165, 1.54) is 10.4 Å². The molecule has 0 bridgehead atoms. The Balaban J connectivity index is 1.92. The van der Waals surface area contributed by atoms with Crippen LogP contribution >= 0.6 is 11.3 Å². The van der Waals surface area contributed by atoms with Gasteiger partial charge in [-0.2, -0.15) is 0 Å². The largest absolute Gasteiger partial charge is 0.355 e. The van der Waals surface area contributed by atoms with Crippen LogP contribution in [0.2, 0.25) is 0 Å². The van der Waals surface area contributed by atoms with Gasteiger partial charge in [-0.3, -0.25) is 9.89 Å². The van der Waals surface area contributed by atoms with E-state index < -0.39 is 0 Å². The van der Waals surface area contributed by atoms with Gasteiger partial charge in [-0.15, -0.1) is 11.3 Å². The Morgan fingerprint density at radius 3 is 2.48 bits per heavy atom. The molecule has 0 saturated heterocycles. The van der Waals surface area contributed by atoms with Gasteiger partial charge in [-0.1, -0.05) is 51.1 Å². The molecule has 27 heavy (non-hydrogen) atoms. The molecule has 0 fully saturated rings. The molecule has 2 rings (SSSR count). The molecule has 0 radical (unpaired) electrons. The Morgan fingerprint density at radius 1 is 1.15 bits per heavy atom. The number of aryl methyl sites for hydroxylation is 1. The minimum absolute atomic E-state index is 0.424. The fraction of sp³-hybridized carbons (Fsp3) is 0.524. The number of likely N-dealkylation sites (N-methyl/N-ethyl adjacent to an activating group) is 1. The average Bonchev–Trinajstić information content (AvgIpc) is 3.17. The van der Waals surface area contributed by atoms with Crippen molar-refractivity contribution in [3.8, 4) is 0 Å². The lowest BCUT2D eigenvalue weighted by Gasteiger charge is -2.30. The van der Waals surface area contributed by atoms with Crippen LogP contribution in [0, 0.1) is 0 Å². The fourth-order valence-electron chi connectivity index (χ4n) is 3.14. The van der Waals surface area contributed by atoms with Crippen LogP contribution in [0.1, 0.15) is 36.2 Å². The first-order valence-corrected chi connectivity index (χ1v) is 10.7. The number of nitrogens with zero attached hydrogens (tertiary/aromatic N) is 3. The van der Waals surface area contributed by atoms with Gasteiger partial charge >= 0.3 is 0 Å². The molecule has 1 aromatic heterocycles. The number of rotatable bonds is 10. The molecule has 1 aromatic carbocycles. The molecule has 0 aliphatic rings. The van der Waals surface area contributed by atoms with Crippen LogP contribution in [0.25, 0.3) is 0 Å². The minimum atomic E-state index is 0.424. The highest BCUT2D eigenvalue weighted by molar-refractivity contribution is 7.11. The third-order valence-electron chi connectivity index (χ3n) is 4.73. The third-order valence-corrected chi connectivity index (χ3v) is 5.87. The maximum Gasteiger partial charge on any atom is 0.191 e. The van der Waals surface area contributed by atoms with E-state index in [-0.39, 0.29) is 0 Å². The van der Waals surface area contributed by atoms with Gasteiger partial charge in [-0.25, -0.2) is 4.98 Å². The quantitative estimate of drug-likeness (QED) is 0.485. The lowest BCUT2D eigenvalue weighted by atomic mass is 10.0. The zero-order valence-electron chi connectivity index (χ0n) is 17.0. The van der Waals surface area contributed by atoms with Crippen molar-refractivity contribution in [2.75, 3.05) is 26.7 Å². The molecule has 148 valence electrons. The van der Waals surface area contributed by atoms with Gasteiger partial charge < -0.3 is 10.6 Å². The van der Waals surface area contributed by atoms with Crippen molar-refractivity contribution in [3.63, 3.8) is 0 Å². The van der Waals surface area contributed by atoms with Crippen LogP contribution in [-0.4, -0.2) is 48.6 Å². The van der Waals surface area contributed by atoms with Crippen LogP contribution in [0.5, 0.6) is 0 Å². The van der Waals surface area contributed by atoms with E-state index in [0.29, 0.717) is 12.6 Å². The van der Waals surface area contributed by atoms with Crippen LogP contribution in [0.3, 0.4) is 0 Å². The summed E-state index contributed by atoms with van der Waals surface area (Å²) in [5, 5.41) is 7.99. The lowest BCUT2D eigenvalue weighted by Crippen LogP contribution is -2.48. The predicted molar refractivity (Wildman–Crippen MR) is 117 cm³/mol. The summed E-state index contributed by atoms with van der Waals surface area (Å²) in [6.45, 7) is 10.3. The molecule has 2 aromatic rings. The van der Waals surface area contributed by atoms with E-state index in [1.54, 1.807) is 11.3 Å². The molecule has 0 amide bonds. The Labute approximate surface area is 167 Å². The van der Waals surface area contributed by atoms with Crippen molar-refractivity contribution in [2.45, 2.75) is 46.2 Å². The lowest BCUT2D eigenvalue weighted by molar-refractivity contribution is 0.215. The summed E-state index contributed by atoms with van der Waals surface area (Å²) < 4.78 is 0. The second-order valence-electron chi connectivity index (χ2n) is 6.45. The fourth-order valence-corrected chi connectivity index (χ4v) is 3.95. The zero-order chi connectivity index (χ0) is 19.5. The summed E-state index contributed by atoms with van der Waals surface area (Å²) in [5.74, 6) is 0.827. The summed E-state index contributed by atoms with van der Waals surface area (Å²) in [6.07, 6.45) is 4.03. The topological polar surface area (TPSA) is 52.6 Å². The SMILES string of the molecule is CCc1cnc(CNC(=NC)NCC(Cc2ccccc2)N(CC)CC)s1. The van der Waals surface area contributed by atoms with Crippen molar-refractivity contribution in [2.24, 2.45) is 4.99 Å². The number of hydrogen-bond donors (Lipinski definition) is 2. The minimum Gasteiger partial charge on any atom is -0.355 e. The molecule has 0 aliphatic heterocycles. The Hall–Kier alpha value is -1.92. The van der Waals surface area contributed by atoms with E-state index in [1.807, 2.05) is 13.2 Å². The first kappa shape index (κ1) is 21.4. The van der Waals surface area contributed by atoms with Gasteiger partial charge in [0.05, 0.1) is 6.54 Å². The maximum atomic E-state index is 4.46. The van der Waals surface area contributed by atoms with E-state index in [4.69, 9.17) is 0 Å². The second-order valence-corrected chi connectivity index (χ2v) is 7.65. The van der Waals surface area contributed by atoms with Crippen molar-refractivity contribution in [1.29, 1.82) is 0 Å². The van der Waals surface area contributed by atoms with Crippen molar-refractivity contribution in [1.82, 2.24) is 20.5 Å². The zero-order valence-corrected chi connectivity index (χ0v) is 17.9. The van der Waals surface area contributed by atoms with Crippen LogP contribution in [0.15, 0.2) is 41.5 Å². The summed E-state index contributed by atoms with van der Waals surface area (Å²) in [4.78, 5) is 12.7. The highest BCUT2D eigenvalue weighted by Crippen LogP contribution is 2.13. The molecule has 6 heteroatoms. The second kappa shape index (κ2) is 11.7. The van der Waals surface area contributed by atoms with Gasteiger partial charge in [0, 0.05) is 30.7 Å². The molecule has 5 nitrogen and oxygen atoms in total. The maximum absolute atomic E-state index is 4.46. The van der Waals surface area contributed by atoms with Crippen molar-refractivity contribution >= 4 is 17.3 Å². The molecule has 1 unspecified atom stereocenters. The van der Waals surface area contributed by atoms with Crippen LogP contribution < -0.4 is 10.6 Å². The van der Waals surface area contributed by atoms with E-state index in [2.05, 4.69) is 76.6 Å². The summed E-state index contributed by atoms with van der Waals surface area (Å²) in [7, 11) is 1.82. The van der Waals surface area contributed by atoms with Gasteiger partial charge in [0.2, 0.25) is 0 Å². The predicted octanol–water partition coefficient (Wildman–Crippen LogP) is 3.32. The highest BCUT2D eigenvalue weighted by Gasteiger charge is 2.17. The molecule has 1 heterocycles. The van der Waals surface area contributed by atoms with Crippen LogP contribution in [0.4, 0.5) is 0 Å². The summed E-state index contributed by atoms with van der Waals surface area (Å²) >= 11 is 1.76. The number of thiazole rings is 1. The molecular formula is C21H33N5S. The number of aliphatic imine (C=N–C) groups is 1. The summed E-state index contributed by atoms with van der Waals surface area (Å²) in [5.41, 5.74) is 1.37. The molecule has 0 aliphatic carbocycles. The molecule has 1 atom stereocenters. The number of nitrogens with one attached hydrogen (secondary N) is 2. The van der Waals surface area contributed by atoms with E-state index in [9.17, 15) is 0 Å². The summed E-state index contributed by atoms with van der Waals surface area (Å²) in [6, 6.07) is 11.1. The normalized spacial score (nSPS) is 13.0. The van der Waals surface area contributed by atoms with Crippen LogP contribution in [-0.2, 0) is 19.4 Å². The number of guanidine groups is 1. The van der Waals surface area contributed by atoms with Crippen molar-refractivity contribution < 1.29 is 0 Å². The Morgan fingerprint density at radius 2 is 1.89 bits per heavy atom. The Bertz CT molecular complexity index is 679. The molecule has 0 spiro atoms. The molecule has 0 saturated carbocycles. The third kappa shape index (κ3) is 6.96. The monoisotopic (exact) mass is 387 g/mol. The van der Waals surface area contributed by atoms with E-state index in [0.717, 1.165) is 43.4 Å². The van der Waals surface area contributed by atoms with E-state index >= 15 is 0 Å². The number of hydrogen-bond acceptors (Lipinski definition) is 4.